The van der Waals surface area contributed by atoms with Gasteiger partial charge >= 0.3 is 0 Å². The van der Waals surface area contributed by atoms with Crippen molar-refractivity contribution < 1.29 is 0 Å². The Morgan fingerprint density at radius 2 is 1.71 bits per heavy atom. The average Bonchev–Trinajstić information content (AvgIpc) is 2.57. The van der Waals surface area contributed by atoms with Crippen molar-refractivity contribution in [3.8, 4) is 0 Å². The summed E-state index contributed by atoms with van der Waals surface area (Å²) in [6.45, 7) is 13.7. The third-order valence-electron chi connectivity index (χ3n) is 3.77. The molecule has 1 atom stereocenters. The summed E-state index contributed by atoms with van der Waals surface area (Å²) in [5.74, 6) is 0. The second kappa shape index (κ2) is 3.76. The molecule has 0 spiro atoms. The fourth-order valence-corrected chi connectivity index (χ4v) is 2.35. The highest BCUT2D eigenvalue weighted by atomic mass is 15.0. The number of hydrogen-bond acceptors (Lipinski definition) is 1. The molecule has 17 heavy (non-hydrogen) atoms. The first kappa shape index (κ1) is 12.5. The van der Waals surface area contributed by atoms with Crippen molar-refractivity contribution >= 4 is 5.69 Å². The SMILES string of the molecule is CC(C)(C)c1ccc2c(c1)CC(C(C)(C)C)N2. The number of rotatable bonds is 0. The molecule has 0 fully saturated rings. The predicted octanol–water partition coefficient (Wildman–Crippen LogP) is 4.37. The normalized spacial score (nSPS) is 20.0. The standard InChI is InChI=1S/C16H25N/c1-15(2,3)12-7-8-13-11(9-12)10-14(17-13)16(4,5)6/h7-9,14,17H,10H2,1-6H3. The molecular formula is C16H25N. The minimum absolute atomic E-state index is 0.245. The molecule has 1 aliphatic heterocycles. The van der Waals surface area contributed by atoms with Crippen LogP contribution < -0.4 is 5.32 Å². The quantitative estimate of drug-likeness (QED) is 0.699. The van der Waals surface area contributed by atoms with Crippen LogP contribution in [0, 0.1) is 5.41 Å². The third kappa shape index (κ3) is 2.48. The number of nitrogens with one attached hydrogen (secondary N) is 1. The lowest BCUT2D eigenvalue weighted by Crippen LogP contribution is -2.31. The Hall–Kier alpha value is -0.980. The van der Waals surface area contributed by atoms with E-state index in [2.05, 4.69) is 65.1 Å². The molecule has 0 aliphatic carbocycles. The van der Waals surface area contributed by atoms with Crippen LogP contribution in [-0.2, 0) is 11.8 Å². The Morgan fingerprint density at radius 1 is 1.06 bits per heavy atom. The van der Waals surface area contributed by atoms with Crippen LogP contribution in [0.1, 0.15) is 52.7 Å². The van der Waals surface area contributed by atoms with Gasteiger partial charge in [-0.25, -0.2) is 0 Å². The predicted molar refractivity (Wildman–Crippen MR) is 75.7 cm³/mol. The molecule has 2 rings (SSSR count). The van der Waals surface area contributed by atoms with Gasteiger partial charge < -0.3 is 5.32 Å². The monoisotopic (exact) mass is 231 g/mol. The number of benzene rings is 1. The van der Waals surface area contributed by atoms with Gasteiger partial charge in [0.05, 0.1) is 0 Å². The maximum atomic E-state index is 3.65. The van der Waals surface area contributed by atoms with Crippen LogP contribution in [0.4, 0.5) is 5.69 Å². The Balaban J connectivity index is 2.29. The molecule has 0 radical (unpaired) electrons. The zero-order valence-electron chi connectivity index (χ0n) is 12.0. The zero-order valence-corrected chi connectivity index (χ0v) is 12.0. The second-order valence-corrected chi connectivity index (χ2v) is 7.39. The van der Waals surface area contributed by atoms with E-state index >= 15 is 0 Å². The molecule has 1 aromatic rings. The lowest BCUT2D eigenvalue weighted by atomic mass is 9.83. The number of fused-ring (bicyclic) bond motifs is 1. The first-order valence-corrected chi connectivity index (χ1v) is 6.58. The molecule has 1 aromatic carbocycles. The molecule has 1 nitrogen and oxygen atoms in total. The van der Waals surface area contributed by atoms with E-state index in [1.54, 1.807) is 0 Å². The van der Waals surface area contributed by atoms with Gasteiger partial charge in [0.15, 0.2) is 0 Å². The van der Waals surface area contributed by atoms with E-state index in [0.29, 0.717) is 11.5 Å². The summed E-state index contributed by atoms with van der Waals surface area (Å²) >= 11 is 0. The molecule has 1 heterocycles. The molecule has 0 aromatic heterocycles. The van der Waals surface area contributed by atoms with Gasteiger partial charge in [0, 0.05) is 11.7 Å². The maximum absolute atomic E-state index is 3.65. The van der Waals surface area contributed by atoms with Gasteiger partial charge in [-0.2, -0.15) is 0 Å². The Kier molecular flexibility index (Phi) is 2.76. The summed E-state index contributed by atoms with van der Waals surface area (Å²) in [7, 11) is 0. The van der Waals surface area contributed by atoms with E-state index in [0.717, 1.165) is 6.42 Å². The molecule has 1 aliphatic rings. The van der Waals surface area contributed by atoms with Crippen LogP contribution in [0.3, 0.4) is 0 Å². The zero-order chi connectivity index (χ0) is 12.8. The van der Waals surface area contributed by atoms with Gasteiger partial charge in [-0.3, -0.25) is 0 Å². The average molecular weight is 231 g/mol. The van der Waals surface area contributed by atoms with E-state index in [1.165, 1.54) is 16.8 Å². The molecule has 0 saturated carbocycles. The van der Waals surface area contributed by atoms with Crippen LogP contribution in [0.2, 0.25) is 0 Å². The Morgan fingerprint density at radius 3 is 2.24 bits per heavy atom. The largest absolute Gasteiger partial charge is 0.381 e. The summed E-state index contributed by atoms with van der Waals surface area (Å²) in [4.78, 5) is 0. The molecule has 1 N–H and O–H groups in total. The summed E-state index contributed by atoms with van der Waals surface area (Å²) < 4.78 is 0. The Bertz CT molecular complexity index is 418. The highest BCUT2D eigenvalue weighted by molar-refractivity contribution is 5.59. The molecule has 0 amide bonds. The van der Waals surface area contributed by atoms with Crippen LogP contribution in [0.15, 0.2) is 18.2 Å². The molecule has 1 heteroatoms. The molecule has 0 saturated heterocycles. The molecule has 1 unspecified atom stereocenters. The topological polar surface area (TPSA) is 12.0 Å². The van der Waals surface area contributed by atoms with Crippen LogP contribution in [0.25, 0.3) is 0 Å². The van der Waals surface area contributed by atoms with Crippen molar-refractivity contribution in [2.45, 2.75) is 59.4 Å². The van der Waals surface area contributed by atoms with Crippen molar-refractivity contribution in [3.63, 3.8) is 0 Å². The first-order valence-electron chi connectivity index (χ1n) is 6.58. The molecular weight excluding hydrogens is 206 g/mol. The van der Waals surface area contributed by atoms with Crippen molar-refractivity contribution in [1.29, 1.82) is 0 Å². The van der Waals surface area contributed by atoms with Gasteiger partial charge in [-0.1, -0.05) is 53.7 Å². The fraction of sp³-hybridized carbons (Fsp3) is 0.625. The van der Waals surface area contributed by atoms with E-state index in [-0.39, 0.29) is 5.41 Å². The van der Waals surface area contributed by atoms with Crippen LogP contribution in [0.5, 0.6) is 0 Å². The smallest absolute Gasteiger partial charge is 0.0376 e. The fourth-order valence-electron chi connectivity index (χ4n) is 2.35. The van der Waals surface area contributed by atoms with Gasteiger partial charge in [0.1, 0.15) is 0 Å². The van der Waals surface area contributed by atoms with Crippen LogP contribution in [-0.4, -0.2) is 6.04 Å². The van der Waals surface area contributed by atoms with Crippen LogP contribution >= 0.6 is 0 Å². The second-order valence-electron chi connectivity index (χ2n) is 7.39. The summed E-state index contributed by atoms with van der Waals surface area (Å²) in [6, 6.07) is 7.46. The maximum Gasteiger partial charge on any atom is 0.0376 e. The highest BCUT2D eigenvalue weighted by Gasteiger charge is 2.31. The van der Waals surface area contributed by atoms with Gasteiger partial charge in [0.25, 0.3) is 0 Å². The van der Waals surface area contributed by atoms with E-state index in [1.807, 2.05) is 0 Å². The van der Waals surface area contributed by atoms with E-state index < -0.39 is 0 Å². The van der Waals surface area contributed by atoms with E-state index in [9.17, 15) is 0 Å². The summed E-state index contributed by atoms with van der Waals surface area (Å²) in [5, 5.41) is 3.65. The summed E-state index contributed by atoms with van der Waals surface area (Å²) in [5.41, 5.74) is 4.82. The van der Waals surface area contributed by atoms with Gasteiger partial charge in [-0.15, -0.1) is 0 Å². The Labute approximate surface area is 106 Å². The van der Waals surface area contributed by atoms with Gasteiger partial charge in [0.2, 0.25) is 0 Å². The van der Waals surface area contributed by atoms with Crippen molar-refractivity contribution in [2.24, 2.45) is 5.41 Å². The lowest BCUT2D eigenvalue weighted by molar-refractivity contribution is 0.347. The summed E-state index contributed by atoms with van der Waals surface area (Å²) in [6.07, 6.45) is 1.16. The van der Waals surface area contributed by atoms with Crippen molar-refractivity contribution in [3.05, 3.63) is 29.3 Å². The minimum atomic E-state index is 0.245. The van der Waals surface area contributed by atoms with E-state index in [4.69, 9.17) is 0 Å². The minimum Gasteiger partial charge on any atom is -0.381 e. The first-order chi connectivity index (χ1) is 7.68. The highest BCUT2D eigenvalue weighted by Crippen LogP contribution is 2.36. The van der Waals surface area contributed by atoms with Crippen molar-refractivity contribution in [2.75, 3.05) is 5.32 Å². The molecule has 94 valence electrons. The van der Waals surface area contributed by atoms with Gasteiger partial charge in [-0.05, 0) is 34.4 Å². The number of anilines is 1. The molecule has 0 bridgehead atoms. The van der Waals surface area contributed by atoms with Crippen molar-refractivity contribution in [1.82, 2.24) is 0 Å². The third-order valence-corrected chi connectivity index (χ3v) is 3.77. The lowest BCUT2D eigenvalue weighted by Gasteiger charge is -2.27. The number of hydrogen-bond donors (Lipinski definition) is 1.